The van der Waals surface area contributed by atoms with Crippen molar-refractivity contribution in [1.82, 2.24) is 5.32 Å². The Morgan fingerprint density at radius 2 is 1.68 bits per heavy atom. The number of carbonyl (C=O) groups excluding carboxylic acids is 1. The van der Waals surface area contributed by atoms with Crippen molar-refractivity contribution >= 4 is 5.97 Å². The van der Waals surface area contributed by atoms with Gasteiger partial charge in [-0.15, -0.1) is 0 Å². The molecule has 0 aliphatic carbocycles. The zero-order chi connectivity index (χ0) is 18.2. The third kappa shape index (κ3) is 4.79. The fourth-order valence-electron chi connectivity index (χ4n) is 2.57. The number of methoxy groups -OCH3 is 2. The molecule has 6 nitrogen and oxygen atoms in total. The van der Waals surface area contributed by atoms with Crippen molar-refractivity contribution in [3.63, 3.8) is 0 Å². The van der Waals surface area contributed by atoms with E-state index >= 15 is 0 Å². The van der Waals surface area contributed by atoms with Gasteiger partial charge in [0.15, 0.2) is 0 Å². The molecule has 6 heteroatoms. The second kappa shape index (κ2) is 9.17. The lowest BCUT2D eigenvalue weighted by Gasteiger charge is -2.27. The minimum atomic E-state index is -1.14. The summed E-state index contributed by atoms with van der Waals surface area (Å²) in [5, 5.41) is 23.3. The van der Waals surface area contributed by atoms with Crippen molar-refractivity contribution in [3.8, 4) is 5.75 Å². The minimum Gasteiger partial charge on any atom is -0.497 e. The number of aliphatic hydroxyl groups excluding tert-OH is 2. The first-order chi connectivity index (χ1) is 12.1. The van der Waals surface area contributed by atoms with Crippen LogP contribution in [0.2, 0.25) is 0 Å². The van der Waals surface area contributed by atoms with Crippen LogP contribution in [0.3, 0.4) is 0 Å². The van der Waals surface area contributed by atoms with E-state index < -0.39 is 24.2 Å². The largest absolute Gasteiger partial charge is 0.497 e. The monoisotopic (exact) mass is 345 g/mol. The van der Waals surface area contributed by atoms with Crippen LogP contribution in [-0.2, 0) is 9.53 Å². The van der Waals surface area contributed by atoms with E-state index in [0.29, 0.717) is 11.3 Å². The van der Waals surface area contributed by atoms with Crippen LogP contribution in [-0.4, -0.2) is 43.1 Å². The molecule has 0 saturated heterocycles. The maximum absolute atomic E-state index is 12.2. The molecule has 0 radical (unpaired) electrons. The zero-order valence-corrected chi connectivity index (χ0v) is 14.3. The summed E-state index contributed by atoms with van der Waals surface area (Å²) in [5.41, 5.74) is 1.34. The Balaban J connectivity index is 2.23. The maximum Gasteiger partial charge on any atom is 0.325 e. The molecule has 3 atom stereocenters. The number of aliphatic hydroxyl groups is 2. The molecule has 0 bridgehead atoms. The topological polar surface area (TPSA) is 88.0 Å². The number of carbonyl (C=O) groups is 1. The van der Waals surface area contributed by atoms with Gasteiger partial charge in [0.25, 0.3) is 0 Å². The van der Waals surface area contributed by atoms with Gasteiger partial charge < -0.3 is 19.7 Å². The standard InChI is InChI=1S/C19H23NO5/c1-24-15-10-8-14(9-11-15)18(22)17(19(23)25-2)20-16(12-21)13-6-4-3-5-7-13/h3-11,16-18,20-22H,12H2,1-2H3/t16-,17+,18-/m1/s1. The van der Waals surface area contributed by atoms with Gasteiger partial charge in [0, 0.05) is 0 Å². The normalized spacial score (nSPS) is 14.4. The molecule has 0 heterocycles. The first kappa shape index (κ1) is 18.9. The predicted octanol–water partition coefficient (Wildman–Crippen LogP) is 1.59. The van der Waals surface area contributed by atoms with E-state index in [1.54, 1.807) is 31.4 Å². The van der Waals surface area contributed by atoms with Gasteiger partial charge in [-0.05, 0) is 23.3 Å². The molecular weight excluding hydrogens is 322 g/mol. The van der Waals surface area contributed by atoms with Crippen molar-refractivity contribution in [3.05, 3.63) is 65.7 Å². The fourth-order valence-corrected chi connectivity index (χ4v) is 2.57. The maximum atomic E-state index is 12.2. The Morgan fingerprint density at radius 1 is 1.04 bits per heavy atom. The van der Waals surface area contributed by atoms with Crippen LogP contribution in [0, 0.1) is 0 Å². The summed E-state index contributed by atoms with van der Waals surface area (Å²) in [6.45, 7) is -0.229. The second-order valence-electron chi connectivity index (χ2n) is 5.53. The molecule has 2 rings (SSSR count). The summed E-state index contributed by atoms with van der Waals surface area (Å²) in [4.78, 5) is 12.2. The number of nitrogens with one attached hydrogen (secondary N) is 1. The zero-order valence-electron chi connectivity index (χ0n) is 14.3. The van der Waals surface area contributed by atoms with Crippen LogP contribution in [0.25, 0.3) is 0 Å². The van der Waals surface area contributed by atoms with Crippen LogP contribution in [0.15, 0.2) is 54.6 Å². The van der Waals surface area contributed by atoms with Crippen molar-refractivity contribution < 1.29 is 24.5 Å². The molecule has 0 amide bonds. The average Bonchev–Trinajstić information content (AvgIpc) is 2.68. The van der Waals surface area contributed by atoms with Crippen molar-refractivity contribution in [2.45, 2.75) is 18.2 Å². The first-order valence-corrected chi connectivity index (χ1v) is 7.92. The highest BCUT2D eigenvalue weighted by molar-refractivity contribution is 5.76. The summed E-state index contributed by atoms with van der Waals surface area (Å²) in [6, 6.07) is 14.4. The van der Waals surface area contributed by atoms with E-state index in [1.807, 2.05) is 30.3 Å². The van der Waals surface area contributed by atoms with Gasteiger partial charge in [-0.3, -0.25) is 10.1 Å². The number of rotatable bonds is 8. The fraction of sp³-hybridized carbons (Fsp3) is 0.316. The Bertz CT molecular complexity index is 659. The molecule has 0 unspecified atom stereocenters. The smallest absolute Gasteiger partial charge is 0.325 e. The molecule has 0 saturated carbocycles. The van der Waals surface area contributed by atoms with E-state index in [4.69, 9.17) is 9.47 Å². The Kier molecular flexibility index (Phi) is 6.94. The van der Waals surface area contributed by atoms with Crippen molar-refractivity contribution in [2.24, 2.45) is 0 Å². The molecule has 0 spiro atoms. The second-order valence-corrected chi connectivity index (χ2v) is 5.53. The van der Waals surface area contributed by atoms with Gasteiger partial charge in [0.2, 0.25) is 0 Å². The van der Waals surface area contributed by atoms with Crippen molar-refractivity contribution in [1.29, 1.82) is 0 Å². The highest BCUT2D eigenvalue weighted by Gasteiger charge is 2.31. The van der Waals surface area contributed by atoms with Gasteiger partial charge in [-0.2, -0.15) is 0 Å². The third-order valence-electron chi connectivity index (χ3n) is 3.99. The Hall–Kier alpha value is -2.41. The molecule has 0 aliphatic rings. The summed E-state index contributed by atoms with van der Waals surface area (Å²) in [6.07, 6.45) is -1.14. The first-order valence-electron chi connectivity index (χ1n) is 7.92. The predicted molar refractivity (Wildman–Crippen MR) is 93.2 cm³/mol. The molecule has 3 N–H and O–H groups in total. The van der Waals surface area contributed by atoms with Crippen molar-refractivity contribution in [2.75, 3.05) is 20.8 Å². The van der Waals surface area contributed by atoms with E-state index in [1.165, 1.54) is 7.11 Å². The molecule has 25 heavy (non-hydrogen) atoms. The molecule has 0 aromatic heterocycles. The van der Waals surface area contributed by atoms with Gasteiger partial charge in [0.1, 0.15) is 17.9 Å². The molecule has 134 valence electrons. The summed E-state index contributed by atoms with van der Waals surface area (Å²) in [7, 11) is 2.81. The lowest BCUT2D eigenvalue weighted by Crippen LogP contribution is -2.45. The van der Waals surface area contributed by atoms with Gasteiger partial charge >= 0.3 is 5.97 Å². The lowest BCUT2D eigenvalue weighted by atomic mass is 9.99. The SMILES string of the molecule is COC(=O)[C@@H](N[C@H](CO)c1ccccc1)[C@H](O)c1ccc(OC)cc1. The van der Waals surface area contributed by atoms with Gasteiger partial charge in [-0.1, -0.05) is 42.5 Å². The van der Waals surface area contributed by atoms with E-state index in [-0.39, 0.29) is 6.61 Å². The minimum absolute atomic E-state index is 0.229. The van der Waals surface area contributed by atoms with Crippen LogP contribution in [0.5, 0.6) is 5.75 Å². The Labute approximate surface area is 147 Å². The van der Waals surface area contributed by atoms with Crippen LogP contribution in [0.1, 0.15) is 23.3 Å². The highest BCUT2D eigenvalue weighted by atomic mass is 16.5. The average molecular weight is 345 g/mol. The molecule has 0 aliphatic heterocycles. The number of ether oxygens (including phenoxy) is 2. The van der Waals surface area contributed by atoms with Crippen LogP contribution >= 0.6 is 0 Å². The van der Waals surface area contributed by atoms with E-state index in [9.17, 15) is 15.0 Å². The number of hydrogen-bond donors (Lipinski definition) is 3. The molecule has 2 aromatic rings. The Morgan fingerprint density at radius 3 is 2.20 bits per heavy atom. The van der Waals surface area contributed by atoms with Gasteiger partial charge in [0.05, 0.1) is 26.9 Å². The summed E-state index contributed by atoms with van der Waals surface area (Å²) >= 11 is 0. The summed E-state index contributed by atoms with van der Waals surface area (Å²) in [5.74, 6) is 0.0359. The molecule has 2 aromatic carbocycles. The van der Waals surface area contributed by atoms with Gasteiger partial charge in [-0.25, -0.2) is 0 Å². The number of esters is 1. The van der Waals surface area contributed by atoms with E-state index in [2.05, 4.69) is 5.32 Å². The molecular formula is C19H23NO5. The number of hydrogen-bond acceptors (Lipinski definition) is 6. The third-order valence-corrected chi connectivity index (χ3v) is 3.99. The lowest BCUT2D eigenvalue weighted by molar-refractivity contribution is -0.146. The van der Waals surface area contributed by atoms with E-state index in [0.717, 1.165) is 5.56 Å². The van der Waals surface area contributed by atoms with Crippen LogP contribution in [0.4, 0.5) is 0 Å². The van der Waals surface area contributed by atoms with Crippen LogP contribution < -0.4 is 10.1 Å². The number of benzene rings is 2. The molecule has 0 fully saturated rings. The summed E-state index contributed by atoms with van der Waals surface area (Å²) < 4.78 is 9.91. The highest BCUT2D eigenvalue weighted by Crippen LogP contribution is 2.23. The quantitative estimate of drug-likeness (QED) is 0.630.